The first-order valence-corrected chi connectivity index (χ1v) is 9.68. The van der Waals surface area contributed by atoms with E-state index < -0.39 is 11.0 Å². The van der Waals surface area contributed by atoms with Gasteiger partial charge in [-0.3, -0.25) is 14.4 Å². The molecule has 27 heavy (non-hydrogen) atoms. The maximum Gasteiger partial charge on any atom is 0.256 e. The fourth-order valence-electron chi connectivity index (χ4n) is 5.11. The van der Waals surface area contributed by atoms with Gasteiger partial charge in [0.1, 0.15) is 17.3 Å². The number of aliphatic hydroxyl groups is 1. The van der Waals surface area contributed by atoms with Crippen molar-refractivity contribution in [2.75, 3.05) is 0 Å². The van der Waals surface area contributed by atoms with E-state index in [1.165, 1.54) is 0 Å². The lowest BCUT2D eigenvalue weighted by atomic mass is 9.65. The molecule has 4 rings (SSSR count). The van der Waals surface area contributed by atoms with Crippen LogP contribution in [0.3, 0.4) is 0 Å². The molecule has 1 heterocycles. The number of amides is 1. The van der Waals surface area contributed by atoms with E-state index in [-0.39, 0.29) is 28.8 Å². The van der Waals surface area contributed by atoms with Crippen molar-refractivity contribution >= 4 is 34.6 Å². The Kier molecular flexibility index (Phi) is 4.00. The second-order valence-electron chi connectivity index (χ2n) is 8.10. The summed E-state index contributed by atoms with van der Waals surface area (Å²) in [4.78, 5) is 37.4. The molecule has 0 bridgehead atoms. The normalized spacial score (nSPS) is 23.6. The van der Waals surface area contributed by atoms with E-state index in [1.54, 1.807) is 12.1 Å². The summed E-state index contributed by atoms with van der Waals surface area (Å²) < 4.78 is 0. The van der Waals surface area contributed by atoms with Crippen molar-refractivity contribution in [1.82, 2.24) is 5.32 Å². The van der Waals surface area contributed by atoms with Crippen molar-refractivity contribution in [3.63, 3.8) is 0 Å². The molecule has 2 N–H and O–H groups in total. The number of Topliss-reactive ketones (excluding diaryl/α,β-unsaturated/α-hetero) is 2. The molecular weight excluding hydrogens is 366 g/mol. The van der Waals surface area contributed by atoms with E-state index in [4.69, 9.17) is 11.6 Å². The monoisotopic (exact) mass is 387 g/mol. The second-order valence-corrected chi connectivity index (χ2v) is 8.54. The van der Waals surface area contributed by atoms with Crippen LogP contribution in [0.4, 0.5) is 0 Å². The lowest BCUT2D eigenvalue weighted by Gasteiger charge is -2.41. The SMILES string of the molecule is Cc1cc(Cl)cc(C)c1C1=C(O)C2(CCC3(CC2)C(=O)CCC3=O)NC1=O. The van der Waals surface area contributed by atoms with Gasteiger partial charge in [0.05, 0.1) is 16.5 Å². The van der Waals surface area contributed by atoms with Crippen LogP contribution in [0.25, 0.3) is 5.57 Å². The van der Waals surface area contributed by atoms with Gasteiger partial charge >= 0.3 is 0 Å². The molecule has 3 aliphatic rings. The van der Waals surface area contributed by atoms with Crippen LogP contribution in [0.2, 0.25) is 5.02 Å². The summed E-state index contributed by atoms with van der Waals surface area (Å²) in [7, 11) is 0. The first-order chi connectivity index (χ1) is 12.7. The molecule has 0 atom stereocenters. The van der Waals surface area contributed by atoms with E-state index >= 15 is 0 Å². The van der Waals surface area contributed by atoms with Gasteiger partial charge in [-0.25, -0.2) is 0 Å². The molecule has 1 aromatic rings. The first-order valence-electron chi connectivity index (χ1n) is 9.30. The Labute approximate surface area is 162 Å². The standard InChI is InChI=1S/C21H22ClNO4/c1-11-9-13(22)10-12(2)16(11)17-18(26)21(23-19(17)27)7-5-20(6-8-21)14(24)3-4-15(20)25/h9-10,26H,3-8H2,1-2H3,(H,23,27). The van der Waals surface area contributed by atoms with Crippen LogP contribution in [0, 0.1) is 19.3 Å². The molecule has 0 radical (unpaired) electrons. The van der Waals surface area contributed by atoms with Gasteiger partial charge in [0.15, 0.2) is 0 Å². The number of aryl methyl sites for hydroxylation is 2. The Morgan fingerprint density at radius 3 is 2.00 bits per heavy atom. The van der Waals surface area contributed by atoms with Gasteiger partial charge in [-0.1, -0.05) is 11.6 Å². The topological polar surface area (TPSA) is 83.5 Å². The van der Waals surface area contributed by atoms with Crippen molar-refractivity contribution in [1.29, 1.82) is 0 Å². The summed E-state index contributed by atoms with van der Waals surface area (Å²) in [5.41, 5.74) is 0.829. The third-order valence-corrected chi connectivity index (χ3v) is 6.84. The van der Waals surface area contributed by atoms with Crippen molar-refractivity contribution in [3.8, 4) is 0 Å². The minimum atomic E-state index is -0.898. The van der Waals surface area contributed by atoms with Gasteiger partial charge in [0, 0.05) is 17.9 Å². The first kappa shape index (κ1) is 18.2. The molecule has 0 unspecified atom stereocenters. The van der Waals surface area contributed by atoms with Gasteiger partial charge < -0.3 is 10.4 Å². The minimum Gasteiger partial charge on any atom is -0.509 e. The Bertz CT molecular complexity index is 881. The highest BCUT2D eigenvalue weighted by atomic mass is 35.5. The van der Waals surface area contributed by atoms with Crippen LogP contribution >= 0.6 is 11.6 Å². The number of carbonyl (C=O) groups is 3. The van der Waals surface area contributed by atoms with Crippen LogP contribution < -0.4 is 5.32 Å². The molecule has 2 saturated carbocycles. The number of hydrogen-bond acceptors (Lipinski definition) is 4. The van der Waals surface area contributed by atoms with Gasteiger partial charge in [0.2, 0.25) is 0 Å². The summed E-state index contributed by atoms with van der Waals surface area (Å²) in [5, 5.41) is 14.6. The Morgan fingerprint density at radius 2 is 1.48 bits per heavy atom. The fraction of sp³-hybridized carbons (Fsp3) is 0.476. The lowest BCUT2D eigenvalue weighted by molar-refractivity contribution is -0.138. The van der Waals surface area contributed by atoms with Crippen LogP contribution in [0.1, 0.15) is 55.2 Å². The molecule has 0 aromatic heterocycles. The van der Waals surface area contributed by atoms with Crippen molar-refractivity contribution < 1.29 is 19.5 Å². The highest BCUT2D eigenvalue weighted by molar-refractivity contribution is 6.31. The highest BCUT2D eigenvalue weighted by Crippen LogP contribution is 2.51. The molecule has 142 valence electrons. The molecule has 0 saturated heterocycles. The summed E-state index contributed by atoms with van der Waals surface area (Å²) >= 11 is 6.10. The number of hydrogen-bond donors (Lipinski definition) is 2. The number of nitrogens with one attached hydrogen (secondary N) is 1. The Morgan fingerprint density at radius 1 is 0.963 bits per heavy atom. The van der Waals surface area contributed by atoms with E-state index in [0.717, 1.165) is 11.1 Å². The number of rotatable bonds is 1. The summed E-state index contributed by atoms with van der Waals surface area (Å²) in [6.07, 6.45) is 2.15. The summed E-state index contributed by atoms with van der Waals surface area (Å²) in [6.45, 7) is 3.72. The molecular formula is C21H22ClNO4. The van der Waals surface area contributed by atoms with Crippen molar-refractivity contribution in [3.05, 3.63) is 39.6 Å². The van der Waals surface area contributed by atoms with Gasteiger partial charge in [0.25, 0.3) is 5.91 Å². The largest absolute Gasteiger partial charge is 0.509 e. The maximum absolute atomic E-state index is 12.8. The van der Waals surface area contributed by atoms with Crippen molar-refractivity contribution in [2.45, 2.75) is 57.9 Å². The summed E-state index contributed by atoms with van der Waals surface area (Å²) in [6, 6.07) is 3.54. The quantitative estimate of drug-likeness (QED) is 0.721. The van der Waals surface area contributed by atoms with E-state index in [2.05, 4.69) is 5.32 Å². The average molecular weight is 388 g/mol. The van der Waals surface area contributed by atoms with Crippen LogP contribution in [0.15, 0.2) is 17.9 Å². The smallest absolute Gasteiger partial charge is 0.256 e. The number of ketones is 2. The Hall–Kier alpha value is -2.14. The maximum atomic E-state index is 12.8. The second kappa shape index (κ2) is 5.93. The predicted molar refractivity (Wildman–Crippen MR) is 101 cm³/mol. The Balaban J connectivity index is 1.73. The lowest BCUT2D eigenvalue weighted by Crippen LogP contribution is -2.51. The predicted octanol–water partition coefficient (Wildman–Crippen LogP) is 3.59. The molecule has 2 aliphatic carbocycles. The summed E-state index contributed by atoms with van der Waals surface area (Å²) in [5.74, 6) is -0.269. The van der Waals surface area contributed by atoms with Gasteiger partial charge in [-0.05, 0) is 68.4 Å². The number of carbonyl (C=O) groups excluding carboxylic acids is 3. The third kappa shape index (κ3) is 2.48. The minimum absolute atomic E-state index is 0.0137. The van der Waals surface area contributed by atoms with Gasteiger partial charge in [-0.15, -0.1) is 0 Å². The molecule has 1 aromatic carbocycles. The van der Waals surface area contributed by atoms with Crippen LogP contribution in [-0.4, -0.2) is 28.1 Å². The van der Waals surface area contributed by atoms with E-state index in [1.807, 2.05) is 13.8 Å². The van der Waals surface area contributed by atoms with E-state index in [0.29, 0.717) is 49.1 Å². The van der Waals surface area contributed by atoms with Gasteiger partial charge in [-0.2, -0.15) is 0 Å². The van der Waals surface area contributed by atoms with E-state index in [9.17, 15) is 19.5 Å². The average Bonchev–Trinajstić information content (AvgIpc) is 3.00. The zero-order valence-electron chi connectivity index (χ0n) is 15.4. The van der Waals surface area contributed by atoms with Crippen LogP contribution in [-0.2, 0) is 14.4 Å². The molecule has 2 fully saturated rings. The number of benzene rings is 1. The molecule has 6 heteroatoms. The molecule has 5 nitrogen and oxygen atoms in total. The number of halogens is 1. The molecule has 2 spiro atoms. The zero-order chi connectivity index (χ0) is 19.6. The zero-order valence-corrected chi connectivity index (χ0v) is 16.2. The molecule has 1 aliphatic heterocycles. The highest BCUT2D eigenvalue weighted by Gasteiger charge is 2.57. The number of aliphatic hydroxyl groups excluding tert-OH is 1. The van der Waals surface area contributed by atoms with Crippen LogP contribution in [0.5, 0.6) is 0 Å². The van der Waals surface area contributed by atoms with Crippen molar-refractivity contribution in [2.24, 2.45) is 5.41 Å². The fourth-order valence-corrected chi connectivity index (χ4v) is 5.43. The third-order valence-electron chi connectivity index (χ3n) is 6.62. The molecule has 1 amide bonds.